The molecule has 9 heteroatoms. The molecule has 1 aromatic rings. The number of hydrogen-bond donors (Lipinski definition) is 3. The molecule has 0 spiro atoms. The summed E-state index contributed by atoms with van der Waals surface area (Å²) in [5.41, 5.74) is 6.23. The van der Waals surface area contributed by atoms with Gasteiger partial charge in [-0.3, -0.25) is 14.5 Å². The van der Waals surface area contributed by atoms with Gasteiger partial charge in [0.15, 0.2) is 0 Å². The summed E-state index contributed by atoms with van der Waals surface area (Å²) in [5, 5.41) is 6.77. The number of ether oxygens (including phenoxy) is 1. The first-order valence-corrected chi connectivity index (χ1v) is 13.6. The Bertz CT molecular complexity index is 840. The van der Waals surface area contributed by atoms with Crippen LogP contribution in [-0.4, -0.2) is 92.7 Å². The van der Waals surface area contributed by atoms with Crippen LogP contribution in [0.4, 0.5) is 4.39 Å². The van der Waals surface area contributed by atoms with Crippen molar-refractivity contribution < 1.29 is 18.7 Å². The molecule has 0 aromatic heterocycles. The summed E-state index contributed by atoms with van der Waals surface area (Å²) in [7, 11) is 0. The third kappa shape index (κ3) is 7.47. The molecule has 200 valence electrons. The van der Waals surface area contributed by atoms with Crippen molar-refractivity contribution >= 4 is 11.8 Å². The fraction of sp³-hybridized carbons (Fsp3) is 0.704. The zero-order chi connectivity index (χ0) is 25.3. The van der Waals surface area contributed by atoms with Crippen LogP contribution in [0.5, 0.6) is 0 Å². The molecule has 2 heterocycles. The fourth-order valence-electron chi connectivity index (χ4n) is 5.69. The largest absolute Gasteiger partial charge is 0.379 e. The summed E-state index contributed by atoms with van der Waals surface area (Å²) < 4.78 is 18.8. The molecule has 1 saturated carbocycles. The molecule has 1 aromatic carbocycles. The Morgan fingerprint density at radius 3 is 2.39 bits per heavy atom. The molecular formula is C27H42FN5O3. The second kappa shape index (κ2) is 13.5. The van der Waals surface area contributed by atoms with Gasteiger partial charge in [-0.15, -0.1) is 0 Å². The van der Waals surface area contributed by atoms with Crippen LogP contribution >= 0.6 is 0 Å². The monoisotopic (exact) mass is 503 g/mol. The molecule has 2 aliphatic heterocycles. The second-order valence-electron chi connectivity index (χ2n) is 10.5. The Balaban J connectivity index is 1.35. The maximum Gasteiger partial charge on any atom is 0.254 e. The predicted molar refractivity (Wildman–Crippen MR) is 137 cm³/mol. The highest BCUT2D eigenvalue weighted by atomic mass is 19.1. The van der Waals surface area contributed by atoms with E-state index in [1.165, 1.54) is 24.3 Å². The van der Waals surface area contributed by atoms with Gasteiger partial charge >= 0.3 is 0 Å². The zero-order valence-corrected chi connectivity index (χ0v) is 21.3. The first kappa shape index (κ1) is 27.0. The van der Waals surface area contributed by atoms with E-state index >= 15 is 0 Å². The highest BCUT2D eigenvalue weighted by Crippen LogP contribution is 2.28. The molecule has 4 N–H and O–H groups in total. The van der Waals surface area contributed by atoms with Crippen LogP contribution in [0, 0.1) is 17.7 Å². The Hall–Kier alpha value is -2.07. The van der Waals surface area contributed by atoms with Crippen molar-refractivity contribution in [2.45, 2.75) is 50.6 Å². The van der Waals surface area contributed by atoms with Crippen LogP contribution in [-0.2, 0) is 9.53 Å². The highest BCUT2D eigenvalue weighted by molar-refractivity contribution is 5.97. The Kier molecular flexibility index (Phi) is 10.1. The molecule has 0 bridgehead atoms. The van der Waals surface area contributed by atoms with Crippen LogP contribution in [0.2, 0.25) is 0 Å². The van der Waals surface area contributed by atoms with Gasteiger partial charge in [0.25, 0.3) is 5.91 Å². The van der Waals surface area contributed by atoms with Crippen LogP contribution in [0.15, 0.2) is 24.3 Å². The van der Waals surface area contributed by atoms with Gasteiger partial charge in [0.2, 0.25) is 5.91 Å². The maximum absolute atomic E-state index is 13.4. The number of hydrogen-bond acceptors (Lipinski definition) is 6. The van der Waals surface area contributed by atoms with Crippen molar-refractivity contribution in [3.63, 3.8) is 0 Å². The number of piperidine rings is 1. The number of nitrogens with zero attached hydrogens (tertiary/aromatic N) is 2. The molecule has 2 saturated heterocycles. The normalized spacial score (nSPS) is 27.6. The maximum atomic E-state index is 13.4. The van der Waals surface area contributed by atoms with Gasteiger partial charge in [-0.05, 0) is 81.2 Å². The van der Waals surface area contributed by atoms with Gasteiger partial charge in [0, 0.05) is 50.9 Å². The number of benzene rings is 1. The first-order chi connectivity index (χ1) is 17.5. The van der Waals surface area contributed by atoms with E-state index in [0.717, 1.165) is 78.0 Å². The molecule has 4 rings (SSSR count). The number of likely N-dealkylation sites (tertiary alicyclic amines) is 1. The quantitative estimate of drug-likeness (QED) is 0.474. The topological polar surface area (TPSA) is 99.9 Å². The second-order valence-corrected chi connectivity index (χ2v) is 10.5. The number of nitrogens with two attached hydrogens (primary N) is 1. The van der Waals surface area contributed by atoms with Crippen molar-refractivity contribution in [2.24, 2.45) is 17.6 Å². The molecule has 36 heavy (non-hydrogen) atoms. The summed E-state index contributed by atoms with van der Waals surface area (Å²) >= 11 is 0. The lowest BCUT2D eigenvalue weighted by atomic mass is 9.82. The number of carbonyl (C=O) groups is 2. The van der Waals surface area contributed by atoms with E-state index in [1.807, 2.05) is 0 Å². The minimum absolute atomic E-state index is 0.0916. The van der Waals surface area contributed by atoms with E-state index in [9.17, 15) is 14.0 Å². The van der Waals surface area contributed by atoms with Crippen molar-refractivity contribution in [3.05, 3.63) is 35.6 Å². The number of halogens is 1. The van der Waals surface area contributed by atoms with Crippen molar-refractivity contribution in [3.8, 4) is 0 Å². The zero-order valence-electron chi connectivity index (χ0n) is 21.3. The van der Waals surface area contributed by atoms with Crippen molar-refractivity contribution in [1.82, 2.24) is 20.4 Å². The minimum Gasteiger partial charge on any atom is -0.379 e. The Morgan fingerprint density at radius 2 is 1.69 bits per heavy atom. The summed E-state index contributed by atoms with van der Waals surface area (Å²) in [6, 6.07) is 5.20. The number of carbonyl (C=O) groups excluding carboxylic acids is 2. The molecule has 3 fully saturated rings. The molecule has 8 nitrogen and oxygen atoms in total. The van der Waals surface area contributed by atoms with Crippen LogP contribution in [0.1, 0.15) is 48.9 Å². The average Bonchev–Trinajstić information content (AvgIpc) is 2.92. The van der Waals surface area contributed by atoms with Crippen LogP contribution in [0.25, 0.3) is 0 Å². The average molecular weight is 504 g/mol. The lowest BCUT2D eigenvalue weighted by molar-refractivity contribution is -0.127. The number of rotatable bonds is 9. The lowest BCUT2D eigenvalue weighted by Gasteiger charge is -2.39. The van der Waals surface area contributed by atoms with Gasteiger partial charge < -0.3 is 26.0 Å². The SMILES string of the molecule is NCC1CCC(CNC(=O)[C@H]2CC(NCCN3CCOCC3)CCN2C(=O)c2ccc(F)cc2)CC1. The molecule has 2 atom stereocenters. The van der Waals surface area contributed by atoms with E-state index in [2.05, 4.69) is 15.5 Å². The molecule has 2 amide bonds. The standard InChI is InChI=1S/C27H42FN5O3/c28-23-7-5-22(6-8-23)27(35)33-11-9-24(30-10-12-32-13-15-36-16-14-32)17-25(33)26(34)31-19-21-3-1-20(18-29)2-4-21/h5-8,20-21,24-25,30H,1-4,9-19,29H2,(H,31,34)/t20?,21?,24?,25-/m1/s1. The van der Waals surface area contributed by atoms with E-state index < -0.39 is 6.04 Å². The fourth-order valence-corrected chi connectivity index (χ4v) is 5.69. The minimum atomic E-state index is -0.544. The highest BCUT2D eigenvalue weighted by Gasteiger charge is 2.37. The molecule has 0 radical (unpaired) electrons. The van der Waals surface area contributed by atoms with E-state index in [0.29, 0.717) is 36.9 Å². The summed E-state index contributed by atoms with van der Waals surface area (Å²) in [5.74, 6) is 0.372. The van der Waals surface area contributed by atoms with Crippen molar-refractivity contribution in [1.29, 1.82) is 0 Å². The number of nitrogens with one attached hydrogen (secondary N) is 2. The molecule has 3 aliphatic rings. The smallest absolute Gasteiger partial charge is 0.254 e. The lowest BCUT2D eigenvalue weighted by Crippen LogP contribution is -2.57. The van der Waals surface area contributed by atoms with Gasteiger partial charge in [0.1, 0.15) is 11.9 Å². The first-order valence-electron chi connectivity index (χ1n) is 13.6. The summed E-state index contributed by atoms with van der Waals surface area (Å²) in [6.07, 6.45) is 5.74. The predicted octanol–water partition coefficient (Wildman–Crippen LogP) is 1.60. The van der Waals surface area contributed by atoms with E-state index in [4.69, 9.17) is 10.5 Å². The Morgan fingerprint density at radius 1 is 1.00 bits per heavy atom. The third-order valence-corrected chi connectivity index (χ3v) is 8.09. The number of morpholine rings is 1. The summed E-state index contributed by atoms with van der Waals surface area (Å²) in [6.45, 7) is 7.11. The van der Waals surface area contributed by atoms with Crippen molar-refractivity contribution in [2.75, 3.05) is 59.0 Å². The molecular weight excluding hydrogens is 461 g/mol. The van der Waals surface area contributed by atoms with E-state index in [-0.39, 0.29) is 23.7 Å². The van der Waals surface area contributed by atoms with Gasteiger partial charge in [0.05, 0.1) is 13.2 Å². The van der Waals surface area contributed by atoms with Gasteiger partial charge in [-0.2, -0.15) is 0 Å². The summed E-state index contributed by atoms with van der Waals surface area (Å²) in [4.78, 5) is 30.8. The van der Waals surface area contributed by atoms with Gasteiger partial charge in [-0.25, -0.2) is 4.39 Å². The number of amides is 2. The third-order valence-electron chi connectivity index (χ3n) is 8.09. The molecule has 1 aliphatic carbocycles. The van der Waals surface area contributed by atoms with E-state index in [1.54, 1.807) is 4.90 Å². The van der Waals surface area contributed by atoms with Gasteiger partial charge in [-0.1, -0.05) is 0 Å². The molecule has 1 unspecified atom stereocenters. The van der Waals surface area contributed by atoms with Crippen LogP contribution < -0.4 is 16.4 Å². The van der Waals surface area contributed by atoms with Crippen LogP contribution in [0.3, 0.4) is 0 Å². The Labute approximate surface area is 214 Å².